The lowest BCUT2D eigenvalue weighted by molar-refractivity contribution is 0.227. The Hall–Kier alpha value is -1.12. The SMILES string of the molecule is CC(C)Oc1cc(CC(C)(C)C)cc(F)c1F. The first-order valence-electron chi connectivity index (χ1n) is 5.83. The predicted molar refractivity (Wildman–Crippen MR) is 65.3 cm³/mol. The van der Waals surface area contributed by atoms with E-state index in [4.69, 9.17) is 4.74 Å². The third kappa shape index (κ3) is 4.33. The van der Waals surface area contributed by atoms with E-state index in [2.05, 4.69) is 20.8 Å². The molecule has 96 valence electrons. The largest absolute Gasteiger partial charge is 0.488 e. The first-order valence-corrected chi connectivity index (χ1v) is 5.83. The van der Waals surface area contributed by atoms with Crippen molar-refractivity contribution in [2.75, 3.05) is 0 Å². The Balaban J connectivity index is 3.06. The Morgan fingerprint density at radius 1 is 1.18 bits per heavy atom. The average molecular weight is 242 g/mol. The maximum atomic E-state index is 13.5. The molecule has 0 saturated carbocycles. The first kappa shape index (κ1) is 13.9. The van der Waals surface area contributed by atoms with Crippen LogP contribution in [0.4, 0.5) is 8.78 Å². The van der Waals surface area contributed by atoms with Gasteiger partial charge in [0.15, 0.2) is 11.6 Å². The number of benzene rings is 1. The van der Waals surface area contributed by atoms with Crippen molar-refractivity contribution >= 4 is 0 Å². The minimum Gasteiger partial charge on any atom is -0.488 e. The molecule has 3 heteroatoms. The van der Waals surface area contributed by atoms with Crippen LogP contribution in [-0.2, 0) is 6.42 Å². The van der Waals surface area contributed by atoms with Crippen LogP contribution in [-0.4, -0.2) is 6.10 Å². The Kier molecular flexibility index (Phi) is 4.12. The highest BCUT2D eigenvalue weighted by molar-refractivity contribution is 5.32. The summed E-state index contributed by atoms with van der Waals surface area (Å²) in [5.41, 5.74) is 0.784. The van der Waals surface area contributed by atoms with Crippen LogP contribution < -0.4 is 4.74 Å². The van der Waals surface area contributed by atoms with Crippen molar-refractivity contribution in [2.24, 2.45) is 5.41 Å². The van der Waals surface area contributed by atoms with Crippen molar-refractivity contribution in [3.63, 3.8) is 0 Å². The van der Waals surface area contributed by atoms with Gasteiger partial charge in [0.25, 0.3) is 0 Å². The molecule has 17 heavy (non-hydrogen) atoms. The monoisotopic (exact) mass is 242 g/mol. The molecule has 0 atom stereocenters. The normalized spacial score (nSPS) is 12.0. The van der Waals surface area contributed by atoms with Crippen molar-refractivity contribution in [1.82, 2.24) is 0 Å². The lowest BCUT2D eigenvalue weighted by atomic mass is 9.88. The van der Waals surface area contributed by atoms with Crippen LogP contribution in [0.3, 0.4) is 0 Å². The molecular formula is C14H20F2O. The fraction of sp³-hybridized carbons (Fsp3) is 0.571. The highest BCUT2D eigenvalue weighted by Crippen LogP contribution is 2.27. The molecule has 1 rings (SSSR count). The molecule has 0 amide bonds. The summed E-state index contributed by atoms with van der Waals surface area (Å²) < 4.78 is 32.2. The summed E-state index contributed by atoms with van der Waals surface area (Å²) in [4.78, 5) is 0. The summed E-state index contributed by atoms with van der Waals surface area (Å²) >= 11 is 0. The number of ether oxygens (including phenoxy) is 1. The van der Waals surface area contributed by atoms with Gasteiger partial charge in [0.05, 0.1) is 6.10 Å². The zero-order valence-corrected chi connectivity index (χ0v) is 11.1. The van der Waals surface area contributed by atoms with Crippen LogP contribution in [0.1, 0.15) is 40.2 Å². The molecule has 1 aromatic rings. The molecule has 0 bridgehead atoms. The topological polar surface area (TPSA) is 9.23 Å². The zero-order chi connectivity index (χ0) is 13.2. The van der Waals surface area contributed by atoms with Gasteiger partial charge in [-0.1, -0.05) is 20.8 Å². The Labute approximate surface area is 102 Å². The van der Waals surface area contributed by atoms with Gasteiger partial charge in [-0.3, -0.25) is 0 Å². The van der Waals surface area contributed by atoms with E-state index in [1.54, 1.807) is 19.9 Å². The van der Waals surface area contributed by atoms with Gasteiger partial charge in [-0.2, -0.15) is 4.39 Å². The van der Waals surface area contributed by atoms with E-state index in [9.17, 15) is 8.78 Å². The van der Waals surface area contributed by atoms with Gasteiger partial charge in [-0.15, -0.1) is 0 Å². The van der Waals surface area contributed by atoms with Crippen LogP contribution in [0.15, 0.2) is 12.1 Å². The van der Waals surface area contributed by atoms with E-state index in [0.717, 1.165) is 5.56 Å². The lowest BCUT2D eigenvalue weighted by Crippen LogP contribution is -2.12. The molecule has 0 heterocycles. The van der Waals surface area contributed by atoms with E-state index in [0.29, 0.717) is 6.42 Å². The average Bonchev–Trinajstić information content (AvgIpc) is 2.09. The lowest BCUT2D eigenvalue weighted by Gasteiger charge is -2.19. The maximum Gasteiger partial charge on any atom is 0.200 e. The van der Waals surface area contributed by atoms with Crippen LogP contribution in [0.2, 0.25) is 0 Å². The van der Waals surface area contributed by atoms with Gasteiger partial charge in [-0.05, 0) is 43.4 Å². The third-order valence-corrected chi connectivity index (χ3v) is 2.15. The van der Waals surface area contributed by atoms with Gasteiger partial charge in [0.1, 0.15) is 0 Å². The van der Waals surface area contributed by atoms with Crippen molar-refractivity contribution in [3.05, 3.63) is 29.3 Å². The highest BCUT2D eigenvalue weighted by Gasteiger charge is 2.17. The van der Waals surface area contributed by atoms with E-state index >= 15 is 0 Å². The smallest absolute Gasteiger partial charge is 0.200 e. The molecular weight excluding hydrogens is 222 g/mol. The first-order chi connectivity index (χ1) is 7.69. The molecule has 0 aromatic heterocycles. The van der Waals surface area contributed by atoms with Crippen molar-refractivity contribution in [1.29, 1.82) is 0 Å². The fourth-order valence-corrected chi connectivity index (χ4v) is 1.67. The second-order valence-electron chi connectivity index (χ2n) is 5.79. The summed E-state index contributed by atoms with van der Waals surface area (Å²) in [7, 11) is 0. The molecule has 0 N–H and O–H groups in total. The molecule has 0 aliphatic rings. The number of hydrogen-bond acceptors (Lipinski definition) is 1. The molecule has 1 aromatic carbocycles. The Morgan fingerprint density at radius 2 is 1.76 bits per heavy atom. The van der Waals surface area contributed by atoms with E-state index in [1.165, 1.54) is 6.07 Å². The van der Waals surface area contributed by atoms with Crippen molar-refractivity contribution in [2.45, 2.75) is 47.1 Å². The van der Waals surface area contributed by atoms with Gasteiger partial charge >= 0.3 is 0 Å². The molecule has 0 aliphatic carbocycles. The van der Waals surface area contributed by atoms with Crippen LogP contribution in [0, 0.1) is 17.0 Å². The highest BCUT2D eigenvalue weighted by atomic mass is 19.2. The summed E-state index contributed by atoms with van der Waals surface area (Å²) in [6, 6.07) is 2.83. The molecule has 0 fully saturated rings. The Bertz CT molecular complexity index is 392. The molecule has 0 spiro atoms. The van der Waals surface area contributed by atoms with Crippen molar-refractivity contribution in [3.8, 4) is 5.75 Å². The summed E-state index contributed by atoms with van der Waals surface area (Å²) in [5.74, 6) is -1.75. The second kappa shape index (κ2) is 5.03. The van der Waals surface area contributed by atoms with Crippen LogP contribution >= 0.6 is 0 Å². The molecule has 0 aliphatic heterocycles. The maximum absolute atomic E-state index is 13.5. The molecule has 0 radical (unpaired) electrons. The van der Waals surface area contributed by atoms with Gasteiger partial charge in [0.2, 0.25) is 5.82 Å². The molecule has 0 unspecified atom stereocenters. The van der Waals surface area contributed by atoms with Gasteiger partial charge in [-0.25, -0.2) is 4.39 Å². The number of rotatable bonds is 3. The van der Waals surface area contributed by atoms with Gasteiger partial charge in [0, 0.05) is 0 Å². The van der Waals surface area contributed by atoms with E-state index < -0.39 is 11.6 Å². The molecule has 1 nitrogen and oxygen atoms in total. The number of hydrogen-bond donors (Lipinski definition) is 0. The predicted octanol–water partition coefficient (Wildman–Crippen LogP) is 4.34. The van der Waals surface area contributed by atoms with Gasteiger partial charge < -0.3 is 4.74 Å². The second-order valence-corrected chi connectivity index (χ2v) is 5.79. The minimum atomic E-state index is -0.906. The summed E-state index contributed by atoms with van der Waals surface area (Å²) in [6.45, 7) is 9.73. The summed E-state index contributed by atoms with van der Waals surface area (Å²) in [5, 5.41) is 0. The fourth-order valence-electron chi connectivity index (χ4n) is 1.67. The van der Waals surface area contributed by atoms with Crippen LogP contribution in [0.5, 0.6) is 5.75 Å². The Morgan fingerprint density at radius 3 is 2.24 bits per heavy atom. The van der Waals surface area contributed by atoms with Crippen molar-refractivity contribution < 1.29 is 13.5 Å². The number of halogens is 2. The third-order valence-electron chi connectivity index (χ3n) is 2.15. The summed E-state index contributed by atoms with van der Waals surface area (Å²) in [6.07, 6.45) is 0.507. The van der Waals surface area contributed by atoms with E-state index in [-0.39, 0.29) is 17.3 Å². The zero-order valence-electron chi connectivity index (χ0n) is 11.1. The van der Waals surface area contributed by atoms with E-state index in [1.807, 2.05) is 0 Å². The standard InChI is InChI=1S/C14H20F2O/c1-9(2)17-12-7-10(8-14(3,4)5)6-11(15)13(12)16/h6-7,9H,8H2,1-5H3. The quantitative estimate of drug-likeness (QED) is 0.766. The van der Waals surface area contributed by atoms with Crippen LogP contribution in [0.25, 0.3) is 0 Å². The molecule has 0 saturated heterocycles. The minimum absolute atomic E-state index is 0.000694.